The Morgan fingerprint density at radius 1 is 1.27 bits per heavy atom. The largest absolute Gasteiger partial charge is 0.364 e. The van der Waals surface area contributed by atoms with E-state index in [9.17, 15) is 4.79 Å². The van der Waals surface area contributed by atoms with E-state index in [2.05, 4.69) is 48.1 Å². The molecule has 3 rings (SSSR count). The molecule has 0 radical (unpaired) electrons. The van der Waals surface area contributed by atoms with Gasteiger partial charge < -0.3 is 5.73 Å². The lowest BCUT2D eigenvalue weighted by Gasteiger charge is -2.39. The van der Waals surface area contributed by atoms with Crippen molar-refractivity contribution in [3.8, 4) is 0 Å². The molecular weight excluding hydrogens is 278 g/mol. The van der Waals surface area contributed by atoms with Crippen molar-refractivity contribution in [2.24, 2.45) is 5.73 Å². The Morgan fingerprint density at radius 2 is 1.91 bits per heavy atom. The third-order valence-electron chi connectivity index (χ3n) is 4.30. The molecule has 2 N–H and O–H groups in total. The fraction of sp³-hybridized carbons (Fsp3) is 0.438. The van der Waals surface area contributed by atoms with E-state index in [0.717, 1.165) is 19.6 Å². The number of nitrogens with zero attached hydrogens (tertiary/aromatic N) is 4. The summed E-state index contributed by atoms with van der Waals surface area (Å²) in [4.78, 5) is 13.4. The van der Waals surface area contributed by atoms with Crippen LogP contribution in [-0.4, -0.2) is 38.9 Å². The van der Waals surface area contributed by atoms with Crippen LogP contribution in [0.5, 0.6) is 0 Å². The smallest absolute Gasteiger partial charge is 0.270 e. The quantitative estimate of drug-likeness (QED) is 0.924. The Hall–Kier alpha value is -2.21. The normalized spacial score (nSPS) is 15.8. The standard InChI is InChI=1S/C16H21N5O/c1-10-4-11(2)14(12(3)5-10)8-20-6-13(7-20)21-9-15(16(17)22)18-19-21/h4-5,9,13H,6-8H2,1-3H3,(H2,17,22). The van der Waals surface area contributed by atoms with E-state index in [1.165, 1.54) is 22.3 Å². The first kappa shape index (κ1) is 14.7. The van der Waals surface area contributed by atoms with Crippen molar-refractivity contribution in [1.82, 2.24) is 19.9 Å². The number of primary amides is 1. The molecule has 1 aromatic carbocycles. The minimum absolute atomic E-state index is 0.226. The summed E-state index contributed by atoms with van der Waals surface area (Å²) in [6.07, 6.45) is 1.63. The summed E-state index contributed by atoms with van der Waals surface area (Å²) in [6.45, 7) is 9.24. The number of nitrogens with two attached hydrogens (primary N) is 1. The second kappa shape index (κ2) is 5.53. The number of rotatable bonds is 4. The van der Waals surface area contributed by atoms with Gasteiger partial charge in [-0.2, -0.15) is 0 Å². The van der Waals surface area contributed by atoms with Crippen LogP contribution in [0.1, 0.15) is 38.8 Å². The van der Waals surface area contributed by atoms with Gasteiger partial charge in [-0.25, -0.2) is 4.68 Å². The number of likely N-dealkylation sites (tertiary alicyclic amines) is 1. The average molecular weight is 299 g/mol. The molecule has 1 saturated heterocycles. The Balaban J connectivity index is 1.63. The van der Waals surface area contributed by atoms with Gasteiger partial charge in [0.15, 0.2) is 5.69 Å². The molecule has 0 atom stereocenters. The molecule has 22 heavy (non-hydrogen) atoms. The molecule has 0 saturated carbocycles. The second-order valence-electron chi connectivity index (χ2n) is 6.17. The van der Waals surface area contributed by atoms with Crippen LogP contribution in [0.4, 0.5) is 0 Å². The van der Waals surface area contributed by atoms with Crippen molar-refractivity contribution in [2.45, 2.75) is 33.4 Å². The average Bonchev–Trinajstić information content (AvgIpc) is 2.84. The van der Waals surface area contributed by atoms with E-state index in [0.29, 0.717) is 0 Å². The first-order valence-corrected chi connectivity index (χ1v) is 7.44. The molecule has 1 amide bonds. The second-order valence-corrected chi connectivity index (χ2v) is 6.17. The lowest BCUT2D eigenvalue weighted by Crippen LogP contribution is -2.47. The van der Waals surface area contributed by atoms with E-state index in [4.69, 9.17) is 5.73 Å². The molecule has 1 aromatic heterocycles. The maximum Gasteiger partial charge on any atom is 0.270 e. The highest BCUT2D eigenvalue weighted by molar-refractivity contribution is 5.90. The van der Waals surface area contributed by atoms with Crippen molar-refractivity contribution >= 4 is 5.91 Å². The molecule has 1 fully saturated rings. The van der Waals surface area contributed by atoms with Crippen LogP contribution in [0.3, 0.4) is 0 Å². The third-order valence-corrected chi connectivity index (χ3v) is 4.30. The van der Waals surface area contributed by atoms with Crippen molar-refractivity contribution in [1.29, 1.82) is 0 Å². The summed E-state index contributed by atoms with van der Waals surface area (Å²) in [5, 5.41) is 7.77. The molecule has 116 valence electrons. The molecule has 2 aromatic rings. The highest BCUT2D eigenvalue weighted by atomic mass is 16.1. The predicted molar refractivity (Wildman–Crippen MR) is 83.5 cm³/mol. The summed E-state index contributed by atoms with van der Waals surface area (Å²) in [5.41, 5.74) is 10.8. The summed E-state index contributed by atoms with van der Waals surface area (Å²) < 4.78 is 1.74. The van der Waals surface area contributed by atoms with Gasteiger partial charge in [0.1, 0.15) is 0 Å². The molecule has 1 aliphatic heterocycles. The molecule has 1 aliphatic rings. The summed E-state index contributed by atoms with van der Waals surface area (Å²) >= 11 is 0. The van der Waals surface area contributed by atoms with Gasteiger partial charge in [0.25, 0.3) is 5.91 Å². The minimum atomic E-state index is -0.534. The van der Waals surface area contributed by atoms with Gasteiger partial charge in [-0.3, -0.25) is 9.69 Å². The van der Waals surface area contributed by atoms with Gasteiger partial charge in [-0.15, -0.1) is 5.10 Å². The number of amides is 1. The van der Waals surface area contributed by atoms with Gasteiger partial charge in [-0.1, -0.05) is 22.9 Å². The molecule has 6 heteroatoms. The van der Waals surface area contributed by atoms with Gasteiger partial charge >= 0.3 is 0 Å². The number of hydrogen-bond donors (Lipinski definition) is 1. The third kappa shape index (κ3) is 2.74. The highest BCUT2D eigenvalue weighted by Gasteiger charge is 2.30. The van der Waals surface area contributed by atoms with Crippen molar-refractivity contribution < 1.29 is 4.79 Å². The van der Waals surface area contributed by atoms with E-state index < -0.39 is 5.91 Å². The zero-order valence-corrected chi connectivity index (χ0v) is 13.2. The molecule has 2 heterocycles. The first-order valence-electron chi connectivity index (χ1n) is 7.44. The summed E-state index contributed by atoms with van der Waals surface area (Å²) in [5.74, 6) is -0.534. The number of aryl methyl sites for hydroxylation is 3. The number of carbonyl (C=O) groups is 1. The van der Waals surface area contributed by atoms with Gasteiger partial charge in [-0.05, 0) is 37.5 Å². The molecule has 0 unspecified atom stereocenters. The molecule has 0 spiro atoms. The van der Waals surface area contributed by atoms with Crippen LogP contribution in [0.15, 0.2) is 18.3 Å². The van der Waals surface area contributed by atoms with E-state index in [-0.39, 0.29) is 11.7 Å². The minimum Gasteiger partial charge on any atom is -0.364 e. The van der Waals surface area contributed by atoms with Crippen molar-refractivity contribution in [3.05, 3.63) is 46.3 Å². The number of aromatic nitrogens is 3. The van der Waals surface area contributed by atoms with Gasteiger partial charge in [0, 0.05) is 19.6 Å². The van der Waals surface area contributed by atoms with Gasteiger partial charge in [0.05, 0.1) is 12.2 Å². The highest BCUT2D eigenvalue weighted by Crippen LogP contribution is 2.25. The number of benzene rings is 1. The number of carbonyl (C=O) groups excluding carboxylic acids is 1. The number of hydrogen-bond acceptors (Lipinski definition) is 4. The van der Waals surface area contributed by atoms with Gasteiger partial charge in [0.2, 0.25) is 0 Å². The van der Waals surface area contributed by atoms with Crippen LogP contribution in [0.2, 0.25) is 0 Å². The van der Waals surface area contributed by atoms with Crippen molar-refractivity contribution in [3.63, 3.8) is 0 Å². The predicted octanol–water partition coefficient (Wildman–Crippen LogP) is 1.36. The van der Waals surface area contributed by atoms with E-state index in [1.807, 2.05) is 0 Å². The fourth-order valence-electron chi connectivity index (χ4n) is 3.09. The maximum atomic E-state index is 11.0. The zero-order valence-electron chi connectivity index (χ0n) is 13.2. The Bertz CT molecular complexity index is 692. The van der Waals surface area contributed by atoms with E-state index >= 15 is 0 Å². The fourth-order valence-corrected chi connectivity index (χ4v) is 3.09. The van der Waals surface area contributed by atoms with Crippen LogP contribution >= 0.6 is 0 Å². The Labute approximate surface area is 129 Å². The summed E-state index contributed by atoms with van der Waals surface area (Å²) in [7, 11) is 0. The Morgan fingerprint density at radius 3 is 2.45 bits per heavy atom. The molecule has 0 aliphatic carbocycles. The summed E-state index contributed by atoms with van der Waals surface area (Å²) in [6, 6.07) is 4.73. The van der Waals surface area contributed by atoms with Crippen LogP contribution in [0, 0.1) is 20.8 Å². The van der Waals surface area contributed by atoms with Crippen molar-refractivity contribution in [2.75, 3.05) is 13.1 Å². The van der Waals surface area contributed by atoms with Crippen LogP contribution < -0.4 is 5.73 Å². The lowest BCUT2D eigenvalue weighted by atomic mass is 9.97. The molecule has 0 bridgehead atoms. The SMILES string of the molecule is Cc1cc(C)c(CN2CC(n3cc(C(N)=O)nn3)C2)c(C)c1. The first-order chi connectivity index (χ1) is 10.4. The zero-order chi connectivity index (χ0) is 15.9. The monoisotopic (exact) mass is 299 g/mol. The van der Waals surface area contributed by atoms with E-state index in [1.54, 1.807) is 10.9 Å². The molecule has 6 nitrogen and oxygen atoms in total. The van der Waals surface area contributed by atoms with Crippen LogP contribution in [0.25, 0.3) is 0 Å². The lowest BCUT2D eigenvalue weighted by molar-refractivity contribution is 0.0891. The molecular formula is C16H21N5O. The topological polar surface area (TPSA) is 77.0 Å². The van der Waals surface area contributed by atoms with Crippen LogP contribution in [-0.2, 0) is 6.54 Å². The maximum absolute atomic E-state index is 11.0. The Kier molecular flexibility index (Phi) is 3.70.